The smallest absolute Gasteiger partial charge is 0.459 e. The number of amides is 1. The number of aliphatic hydroxyl groups is 2. The number of aromatic nitrogens is 3. The van der Waals surface area contributed by atoms with Crippen LogP contribution in [0.1, 0.15) is 133 Å². The molecule has 1 unspecified atom stereocenters. The number of unbranched alkanes of at least 4 members (excludes halogenated alkanes) is 13. The Labute approximate surface area is 342 Å². The predicted octanol–water partition coefficient (Wildman–Crippen LogP) is 6.65. The summed E-state index contributed by atoms with van der Waals surface area (Å²) in [6, 6.07) is 7.08. The number of nitrogen functional groups attached to an aromatic ring is 1. The molecule has 0 spiro atoms. The van der Waals surface area contributed by atoms with Gasteiger partial charge in [0.2, 0.25) is 0 Å². The summed E-state index contributed by atoms with van der Waals surface area (Å²) in [7, 11) is -4.34. The van der Waals surface area contributed by atoms with Crippen molar-refractivity contribution >= 4 is 36.5 Å². The molecular formula is C41H65N6O10P. The lowest BCUT2D eigenvalue weighted by Gasteiger charge is -2.24. The van der Waals surface area contributed by atoms with Crippen molar-refractivity contribution in [3.8, 4) is 5.75 Å². The fraction of sp³-hybridized carbons (Fsp3) is 0.659. The maximum Gasteiger partial charge on any atom is 0.459 e. The number of ether oxygens (including phenoxy) is 3. The molecule has 1 fully saturated rings. The largest absolute Gasteiger partial charge is 0.464 e. The van der Waals surface area contributed by atoms with Crippen LogP contribution < -0.4 is 21.1 Å². The summed E-state index contributed by atoms with van der Waals surface area (Å²) in [5, 5.41) is 24.8. The third-order valence-corrected chi connectivity index (χ3v) is 11.7. The van der Waals surface area contributed by atoms with Crippen LogP contribution in [0.25, 0.3) is 11.0 Å². The lowest BCUT2D eigenvalue weighted by atomic mass is 10.0. The average Bonchev–Trinajstić information content (AvgIpc) is 3.71. The number of hydrogen-bond donors (Lipinski definition) is 5. The number of nitrogens with two attached hydrogens (primary N) is 2. The standard InChI is InChI=1S/C41H65N6O10P/c1-4-5-6-7-8-9-10-11-12-13-14-15-16-20-24-53-25-21-26-54-41(51)29(2)46-58(52,57-31-22-18-17-19-23-31)55-28-33-35(48)36(49)40(56-33)47-27-32(38(43)50)34-37(42)44-30(3)45-39(34)47/h17-19,22-23,27,29,33,35-36,40,48-49H,4-16,20-21,24-26,28H2,1-3H3,(H2,43,50)(H,46,52)(H2,42,44,45)/t29-,33+,35+,36+,40+,58?/m0/s1. The first-order valence-corrected chi connectivity index (χ1v) is 22.5. The van der Waals surface area contributed by atoms with E-state index in [0.717, 1.165) is 12.8 Å². The van der Waals surface area contributed by atoms with Crippen LogP contribution in [0, 0.1) is 6.92 Å². The second-order valence-corrected chi connectivity index (χ2v) is 16.7. The molecule has 4 rings (SSSR count). The average molecular weight is 833 g/mol. The molecule has 1 aliphatic rings. The highest BCUT2D eigenvalue weighted by atomic mass is 31.2. The van der Waals surface area contributed by atoms with Crippen LogP contribution in [0.15, 0.2) is 36.5 Å². The number of hydrogen-bond acceptors (Lipinski definition) is 13. The third kappa shape index (κ3) is 14.6. The van der Waals surface area contributed by atoms with Crippen LogP contribution in [0.2, 0.25) is 0 Å². The zero-order valence-corrected chi connectivity index (χ0v) is 35.3. The Hall–Kier alpha value is -3.63. The lowest BCUT2D eigenvalue weighted by molar-refractivity contribution is -0.145. The summed E-state index contributed by atoms with van der Waals surface area (Å²) < 4.78 is 44.0. The van der Waals surface area contributed by atoms with E-state index in [1.807, 2.05) is 0 Å². The molecule has 1 aliphatic heterocycles. The molecule has 3 heterocycles. The third-order valence-electron chi connectivity index (χ3n) is 10.1. The minimum absolute atomic E-state index is 0.00364. The van der Waals surface area contributed by atoms with Gasteiger partial charge in [-0.1, -0.05) is 109 Å². The minimum Gasteiger partial charge on any atom is -0.464 e. The number of esters is 1. The number of benzene rings is 1. The molecule has 16 nitrogen and oxygen atoms in total. The van der Waals surface area contributed by atoms with E-state index < -0.39 is 56.8 Å². The summed E-state index contributed by atoms with van der Waals surface area (Å²) in [6.45, 7) is 6.00. The first-order valence-electron chi connectivity index (χ1n) is 20.9. The van der Waals surface area contributed by atoms with Gasteiger partial charge in [-0.25, -0.2) is 14.5 Å². The highest BCUT2D eigenvalue weighted by Crippen LogP contribution is 2.46. The Morgan fingerprint density at radius 3 is 2.12 bits per heavy atom. The van der Waals surface area contributed by atoms with E-state index >= 15 is 0 Å². The Balaban J connectivity index is 1.19. The number of para-hydroxylation sites is 1. The fourth-order valence-corrected chi connectivity index (χ4v) is 8.40. The Morgan fingerprint density at radius 2 is 1.50 bits per heavy atom. The number of carbonyl (C=O) groups excluding carboxylic acids is 2. The van der Waals surface area contributed by atoms with Crippen LogP contribution in [-0.2, 0) is 28.1 Å². The van der Waals surface area contributed by atoms with E-state index in [-0.39, 0.29) is 40.6 Å². The molecule has 0 saturated carbocycles. The minimum atomic E-state index is -4.34. The first kappa shape index (κ1) is 47.1. The van der Waals surface area contributed by atoms with Crippen molar-refractivity contribution in [2.24, 2.45) is 5.73 Å². The molecule has 1 amide bonds. The quantitative estimate of drug-likeness (QED) is 0.0280. The summed E-state index contributed by atoms with van der Waals surface area (Å²) in [5.41, 5.74) is 11.8. The van der Waals surface area contributed by atoms with E-state index in [4.69, 9.17) is 34.7 Å². The highest BCUT2D eigenvalue weighted by molar-refractivity contribution is 7.52. The number of carbonyl (C=O) groups is 2. The van der Waals surface area contributed by atoms with E-state index in [2.05, 4.69) is 22.0 Å². The van der Waals surface area contributed by atoms with Crippen molar-refractivity contribution < 1.29 is 47.6 Å². The molecule has 58 heavy (non-hydrogen) atoms. The number of rotatable bonds is 29. The van der Waals surface area contributed by atoms with E-state index in [1.165, 1.54) is 94.7 Å². The van der Waals surface area contributed by atoms with Gasteiger partial charge in [-0.2, -0.15) is 5.09 Å². The zero-order chi connectivity index (χ0) is 41.9. The van der Waals surface area contributed by atoms with Gasteiger partial charge in [-0.05, 0) is 32.4 Å². The van der Waals surface area contributed by atoms with Gasteiger partial charge >= 0.3 is 13.7 Å². The Kier molecular flexibility index (Phi) is 19.8. The maximum atomic E-state index is 14.1. The fourth-order valence-electron chi connectivity index (χ4n) is 6.90. The van der Waals surface area contributed by atoms with Gasteiger partial charge in [0.25, 0.3) is 5.91 Å². The molecule has 3 aromatic rings. The maximum absolute atomic E-state index is 14.1. The van der Waals surface area contributed by atoms with Gasteiger partial charge in [0.15, 0.2) is 6.23 Å². The van der Waals surface area contributed by atoms with Gasteiger partial charge in [0, 0.05) is 25.8 Å². The van der Waals surface area contributed by atoms with Crippen molar-refractivity contribution in [1.82, 2.24) is 19.6 Å². The van der Waals surface area contributed by atoms with Crippen molar-refractivity contribution in [2.75, 3.05) is 32.2 Å². The predicted molar refractivity (Wildman–Crippen MR) is 221 cm³/mol. The van der Waals surface area contributed by atoms with Crippen LogP contribution in [0.5, 0.6) is 5.75 Å². The van der Waals surface area contributed by atoms with Gasteiger partial charge in [-0.3, -0.25) is 14.1 Å². The Morgan fingerprint density at radius 1 is 0.897 bits per heavy atom. The van der Waals surface area contributed by atoms with Crippen molar-refractivity contribution in [2.45, 2.75) is 148 Å². The van der Waals surface area contributed by atoms with Crippen molar-refractivity contribution in [3.63, 3.8) is 0 Å². The molecule has 1 aromatic carbocycles. The van der Waals surface area contributed by atoms with Crippen LogP contribution in [-0.4, -0.2) is 87.4 Å². The van der Waals surface area contributed by atoms with Gasteiger partial charge in [0.1, 0.15) is 47.4 Å². The molecule has 17 heteroatoms. The van der Waals surface area contributed by atoms with Crippen LogP contribution in [0.3, 0.4) is 0 Å². The molecule has 0 bridgehead atoms. The lowest BCUT2D eigenvalue weighted by Crippen LogP contribution is -2.37. The molecular weight excluding hydrogens is 767 g/mol. The second kappa shape index (κ2) is 24.5. The summed E-state index contributed by atoms with van der Waals surface area (Å²) in [6.07, 6.45) is 14.4. The van der Waals surface area contributed by atoms with Crippen molar-refractivity contribution in [3.05, 3.63) is 47.9 Å². The molecule has 2 aromatic heterocycles. The zero-order valence-electron chi connectivity index (χ0n) is 34.4. The second-order valence-electron chi connectivity index (χ2n) is 15.0. The number of nitrogens with zero attached hydrogens (tertiary/aromatic N) is 3. The van der Waals surface area contributed by atoms with Crippen molar-refractivity contribution in [1.29, 1.82) is 0 Å². The summed E-state index contributed by atoms with van der Waals surface area (Å²) in [5.74, 6) is -1.01. The molecule has 0 radical (unpaired) electrons. The van der Waals surface area contributed by atoms with Gasteiger partial charge in [0.05, 0.1) is 24.2 Å². The number of aliphatic hydroxyl groups excluding tert-OH is 2. The number of aryl methyl sites for hydroxylation is 1. The van der Waals surface area contributed by atoms with Gasteiger partial charge in [-0.15, -0.1) is 0 Å². The monoisotopic (exact) mass is 832 g/mol. The number of fused-ring (bicyclic) bond motifs is 1. The molecule has 6 atom stereocenters. The van der Waals surface area contributed by atoms with E-state index in [0.29, 0.717) is 19.6 Å². The van der Waals surface area contributed by atoms with Crippen LogP contribution >= 0.6 is 7.75 Å². The van der Waals surface area contributed by atoms with E-state index in [1.54, 1.807) is 37.3 Å². The van der Waals surface area contributed by atoms with Crippen LogP contribution in [0.4, 0.5) is 5.82 Å². The Bertz CT molecular complexity index is 1750. The number of primary amides is 1. The van der Waals surface area contributed by atoms with E-state index in [9.17, 15) is 24.4 Å². The molecule has 1 saturated heterocycles. The summed E-state index contributed by atoms with van der Waals surface area (Å²) in [4.78, 5) is 33.6. The highest BCUT2D eigenvalue weighted by Gasteiger charge is 2.46. The molecule has 0 aliphatic carbocycles. The first-order chi connectivity index (χ1) is 27.9. The number of anilines is 1. The SMILES string of the molecule is CCCCCCCCCCCCCCCCOCCCOC(=O)[C@H](C)NP(=O)(OC[C@H]1O[C@@H](n2cc(C(N)=O)c3c(N)nc(C)nc32)[C@H](O)[C@@H]1O)Oc1ccccc1. The molecule has 324 valence electrons. The number of nitrogens with one attached hydrogen (secondary N) is 1. The summed E-state index contributed by atoms with van der Waals surface area (Å²) >= 11 is 0. The topological polar surface area (TPSA) is 233 Å². The normalized spacial score (nSPS) is 19.6. The molecule has 7 N–H and O–H groups in total. The van der Waals surface area contributed by atoms with Gasteiger partial charge < -0.3 is 45.0 Å².